The van der Waals surface area contributed by atoms with Gasteiger partial charge in [0, 0.05) is 25.7 Å². The third-order valence-electron chi connectivity index (χ3n) is 4.67. The van der Waals surface area contributed by atoms with Crippen molar-refractivity contribution in [2.45, 2.75) is 32.1 Å². The molecule has 1 aliphatic carbocycles. The zero-order valence-electron chi connectivity index (χ0n) is 12.0. The first-order valence-corrected chi connectivity index (χ1v) is 7.63. The summed E-state index contributed by atoms with van der Waals surface area (Å²) in [6, 6.07) is 0. The number of carbonyl (C=O) groups excluding carboxylic acids is 1. The van der Waals surface area contributed by atoms with Crippen LogP contribution in [0.4, 0.5) is 0 Å². The van der Waals surface area contributed by atoms with Crippen molar-refractivity contribution in [2.24, 2.45) is 17.8 Å². The number of hydrogen-bond donors (Lipinski definition) is 2. The minimum absolute atomic E-state index is 0.0906. The lowest BCUT2D eigenvalue weighted by molar-refractivity contribution is -0.142. The van der Waals surface area contributed by atoms with E-state index in [0.717, 1.165) is 31.2 Å². The summed E-state index contributed by atoms with van der Waals surface area (Å²) in [5.74, 6) is -0.334. The van der Waals surface area contributed by atoms with E-state index in [1.807, 2.05) is 6.20 Å². The third kappa shape index (κ3) is 3.25. The van der Waals surface area contributed by atoms with Gasteiger partial charge in [0.15, 0.2) is 0 Å². The molecule has 2 unspecified atom stereocenters. The molecule has 2 N–H and O–H groups in total. The number of aryl methyl sites for hydroxylation is 1. The second-order valence-electron chi connectivity index (χ2n) is 6.20. The molecule has 0 aromatic carbocycles. The topological polar surface area (TPSA) is 86.3 Å². The molecule has 0 bridgehead atoms. The number of carboxylic acid groups (broad SMARTS) is 1. The van der Waals surface area contributed by atoms with Gasteiger partial charge in [0.25, 0.3) is 0 Å². The van der Waals surface area contributed by atoms with E-state index in [1.54, 1.807) is 11.1 Å². The minimum atomic E-state index is -0.749. The van der Waals surface area contributed by atoms with Crippen molar-refractivity contribution in [3.05, 3.63) is 18.0 Å². The number of rotatable bonds is 6. The summed E-state index contributed by atoms with van der Waals surface area (Å²) in [6.45, 7) is 1.02. The highest BCUT2D eigenvalue weighted by Crippen LogP contribution is 2.44. The first-order valence-electron chi connectivity index (χ1n) is 7.63. The predicted molar refractivity (Wildman–Crippen MR) is 75.4 cm³/mol. The Morgan fingerprint density at radius 2 is 2.19 bits per heavy atom. The molecule has 1 aromatic heterocycles. The van der Waals surface area contributed by atoms with Gasteiger partial charge in [-0.3, -0.25) is 14.7 Å². The summed E-state index contributed by atoms with van der Waals surface area (Å²) >= 11 is 0. The van der Waals surface area contributed by atoms with Crippen LogP contribution < -0.4 is 0 Å². The lowest BCUT2D eigenvalue weighted by Gasteiger charge is -2.16. The Kier molecular flexibility index (Phi) is 3.94. The number of nitrogens with zero attached hydrogens (tertiary/aromatic N) is 2. The van der Waals surface area contributed by atoms with E-state index in [4.69, 9.17) is 0 Å². The molecule has 6 nitrogen and oxygen atoms in total. The van der Waals surface area contributed by atoms with Gasteiger partial charge in [-0.25, -0.2) is 0 Å². The Morgan fingerprint density at radius 1 is 1.38 bits per heavy atom. The van der Waals surface area contributed by atoms with E-state index < -0.39 is 5.97 Å². The third-order valence-corrected chi connectivity index (χ3v) is 4.67. The van der Waals surface area contributed by atoms with Crippen LogP contribution in [0.1, 0.15) is 31.2 Å². The fourth-order valence-corrected chi connectivity index (χ4v) is 3.31. The molecule has 0 radical (unpaired) electrons. The van der Waals surface area contributed by atoms with Crippen LogP contribution in [0.25, 0.3) is 0 Å². The normalized spacial score (nSPS) is 25.2. The summed E-state index contributed by atoms with van der Waals surface area (Å²) < 4.78 is 0. The maximum Gasteiger partial charge on any atom is 0.308 e. The Bertz CT molecular complexity index is 510. The minimum Gasteiger partial charge on any atom is -0.481 e. The van der Waals surface area contributed by atoms with E-state index >= 15 is 0 Å². The highest BCUT2D eigenvalue weighted by Gasteiger charge is 2.46. The summed E-state index contributed by atoms with van der Waals surface area (Å²) in [7, 11) is 0. The van der Waals surface area contributed by atoms with Crippen LogP contribution in [0.2, 0.25) is 0 Å². The molecule has 2 atom stereocenters. The number of amides is 1. The monoisotopic (exact) mass is 291 g/mol. The molecular weight excluding hydrogens is 270 g/mol. The second kappa shape index (κ2) is 5.87. The van der Waals surface area contributed by atoms with Gasteiger partial charge in [-0.15, -0.1) is 0 Å². The van der Waals surface area contributed by atoms with Crippen LogP contribution in [0.15, 0.2) is 12.4 Å². The standard InChI is InChI=1S/C15H21N3O3/c19-14(3-1-2-10-6-16-17-7-10)18-8-12(11-4-5-11)13(9-18)15(20)21/h6-7,11-13H,1-5,8-9H2,(H,16,17)(H,20,21). The summed E-state index contributed by atoms with van der Waals surface area (Å²) in [6.07, 6.45) is 7.93. The highest BCUT2D eigenvalue weighted by atomic mass is 16.4. The number of H-pyrrole nitrogens is 1. The van der Waals surface area contributed by atoms with Gasteiger partial charge in [0.2, 0.25) is 5.91 Å². The molecule has 0 spiro atoms. The molecule has 1 amide bonds. The van der Waals surface area contributed by atoms with Crippen LogP contribution in [0.3, 0.4) is 0 Å². The molecule has 21 heavy (non-hydrogen) atoms. The largest absolute Gasteiger partial charge is 0.481 e. The highest BCUT2D eigenvalue weighted by molar-refractivity contribution is 5.79. The van der Waals surface area contributed by atoms with Crippen LogP contribution in [-0.2, 0) is 16.0 Å². The smallest absolute Gasteiger partial charge is 0.308 e. The predicted octanol–water partition coefficient (Wildman–Crippen LogP) is 1.30. The fourth-order valence-electron chi connectivity index (χ4n) is 3.31. The van der Waals surface area contributed by atoms with Crippen molar-refractivity contribution >= 4 is 11.9 Å². The van der Waals surface area contributed by atoms with E-state index in [9.17, 15) is 14.7 Å². The lowest BCUT2D eigenvalue weighted by atomic mass is 9.92. The average molecular weight is 291 g/mol. The van der Waals surface area contributed by atoms with Gasteiger partial charge in [0.05, 0.1) is 12.1 Å². The van der Waals surface area contributed by atoms with Crippen molar-refractivity contribution in [2.75, 3.05) is 13.1 Å². The van der Waals surface area contributed by atoms with E-state index in [-0.39, 0.29) is 17.7 Å². The van der Waals surface area contributed by atoms with Gasteiger partial charge in [-0.1, -0.05) is 0 Å². The number of aliphatic carboxylic acids is 1. The van der Waals surface area contributed by atoms with Crippen LogP contribution in [-0.4, -0.2) is 45.2 Å². The number of hydrogen-bond acceptors (Lipinski definition) is 3. The van der Waals surface area contributed by atoms with Crippen LogP contribution in [0.5, 0.6) is 0 Å². The van der Waals surface area contributed by atoms with Crippen LogP contribution >= 0.6 is 0 Å². The number of nitrogens with one attached hydrogen (secondary N) is 1. The molecule has 1 aliphatic heterocycles. The molecule has 2 fully saturated rings. The Hall–Kier alpha value is -1.85. The zero-order valence-corrected chi connectivity index (χ0v) is 12.0. The summed E-state index contributed by atoms with van der Waals surface area (Å²) in [5.41, 5.74) is 1.10. The van der Waals surface area contributed by atoms with E-state index in [2.05, 4.69) is 10.2 Å². The first-order chi connectivity index (χ1) is 10.1. The lowest BCUT2D eigenvalue weighted by Crippen LogP contribution is -2.29. The molecule has 6 heteroatoms. The maximum absolute atomic E-state index is 12.2. The number of carboxylic acids is 1. The molecule has 2 heterocycles. The Morgan fingerprint density at radius 3 is 2.81 bits per heavy atom. The van der Waals surface area contributed by atoms with Crippen molar-refractivity contribution in [3.8, 4) is 0 Å². The van der Waals surface area contributed by atoms with Crippen molar-refractivity contribution in [1.29, 1.82) is 0 Å². The number of likely N-dealkylation sites (tertiary alicyclic amines) is 1. The molecule has 1 saturated carbocycles. The SMILES string of the molecule is O=C(O)C1CN(C(=O)CCCc2cn[nH]c2)CC1C1CC1. The number of carbonyl (C=O) groups is 2. The molecular formula is C15H21N3O3. The first kappa shape index (κ1) is 14.1. The van der Waals surface area contributed by atoms with Crippen molar-refractivity contribution in [1.82, 2.24) is 15.1 Å². The molecule has 3 rings (SSSR count). The van der Waals surface area contributed by atoms with Gasteiger partial charge >= 0.3 is 5.97 Å². The van der Waals surface area contributed by atoms with E-state index in [0.29, 0.717) is 25.4 Å². The average Bonchev–Trinajstić information content (AvgIpc) is 3.00. The maximum atomic E-state index is 12.2. The zero-order chi connectivity index (χ0) is 14.8. The van der Waals surface area contributed by atoms with Gasteiger partial charge in [-0.05, 0) is 43.1 Å². The van der Waals surface area contributed by atoms with E-state index in [1.165, 1.54) is 0 Å². The van der Waals surface area contributed by atoms with Gasteiger partial charge in [0.1, 0.15) is 0 Å². The van der Waals surface area contributed by atoms with Crippen molar-refractivity contribution in [3.63, 3.8) is 0 Å². The Labute approximate surface area is 123 Å². The second-order valence-corrected chi connectivity index (χ2v) is 6.20. The molecule has 2 aliphatic rings. The van der Waals surface area contributed by atoms with Gasteiger partial charge in [-0.2, -0.15) is 5.10 Å². The molecule has 1 aromatic rings. The van der Waals surface area contributed by atoms with Crippen LogP contribution in [0, 0.1) is 17.8 Å². The Balaban J connectivity index is 1.49. The summed E-state index contributed by atoms with van der Waals surface area (Å²) in [4.78, 5) is 25.3. The fraction of sp³-hybridized carbons (Fsp3) is 0.667. The molecule has 114 valence electrons. The van der Waals surface area contributed by atoms with Gasteiger partial charge < -0.3 is 10.0 Å². The summed E-state index contributed by atoms with van der Waals surface area (Å²) in [5, 5.41) is 15.9. The molecule has 1 saturated heterocycles. The van der Waals surface area contributed by atoms with Crippen molar-refractivity contribution < 1.29 is 14.7 Å². The number of aromatic amines is 1. The number of aromatic nitrogens is 2. The quantitative estimate of drug-likeness (QED) is 0.827.